The number of sulfone groups is 1. The smallest absolute Gasteiger partial charge is 0.217 e. The van der Waals surface area contributed by atoms with Crippen LogP contribution in [-0.2, 0) is 16.4 Å². The molecule has 0 bridgehead atoms. The molecule has 0 unspecified atom stereocenters. The second-order valence-electron chi connectivity index (χ2n) is 5.63. The highest BCUT2D eigenvalue weighted by Gasteiger charge is 2.49. The Hall–Kier alpha value is -0.850. The van der Waals surface area contributed by atoms with Crippen LogP contribution in [-0.4, -0.2) is 38.2 Å². The Morgan fingerprint density at radius 3 is 2.78 bits per heavy atom. The Kier molecular flexibility index (Phi) is 2.59. The molecular weight excluding hydrogens is 252 g/mol. The van der Waals surface area contributed by atoms with E-state index in [1.54, 1.807) is 6.07 Å². The molecule has 2 fully saturated rings. The summed E-state index contributed by atoms with van der Waals surface area (Å²) in [5.74, 6) is 1.29. The molecule has 100 valence electrons. The Labute approximate surface area is 107 Å². The first-order valence-corrected chi connectivity index (χ1v) is 8.06. The van der Waals surface area contributed by atoms with Crippen LogP contribution in [0, 0.1) is 5.92 Å². The highest BCUT2D eigenvalue weighted by molar-refractivity contribution is 7.90. The number of likely N-dealkylation sites (tertiary alicyclic amines) is 1. The highest BCUT2D eigenvalue weighted by Crippen LogP contribution is 2.42. The molecule has 1 aliphatic carbocycles. The summed E-state index contributed by atoms with van der Waals surface area (Å²) in [5.41, 5.74) is 6.25. The first kappa shape index (κ1) is 12.2. The van der Waals surface area contributed by atoms with Crippen LogP contribution in [0.1, 0.15) is 18.6 Å². The van der Waals surface area contributed by atoms with E-state index in [-0.39, 0.29) is 10.6 Å². The summed E-state index contributed by atoms with van der Waals surface area (Å²) >= 11 is 0. The van der Waals surface area contributed by atoms with Crippen LogP contribution in [0.3, 0.4) is 0 Å². The Bertz CT molecular complexity index is 566. The second-order valence-corrected chi connectivity index (χ2v) is 7.58. The van der Waals surface area contributed by atoms with Crippen molar-refractivity contribution in [2.45, 2.75) is 30.0 Å². The number of nitrogens with two attached hydrogens (primary N) is 1. The zero-order valence-electron chi connectivity index (χ0n) is 10.4. The number of hydrogen-bond donors (Lipinski definition) is 1. The van der Waals surface area contributed by atoms with E-state index in [0.717, 1.165) is 25.8 Å². The average Bonchev–Trinajstić information content (AvgIpc) is 2.78. The SMILES string of the molecule is CS(=O)(=O)c1ccc(CN2C[C@@H]3CC[C@]3(N)C2)o1. The summed E-state index contributed by atoms with van der Waals surface area (Å²) < 4.78 is 28.0. The van der Waals surface area contributed by atoms with Crippen LogP contribution >= 0.6 is 0 Å². The zero-order valence-corrected chi connectivity index (χ0v) is 11.2. The number of rotatable bonds is 3. The van der Waals surface area contributed by atoms with E-state index >= 15 is 0 Å². The van der Waals surface area contributed by atoms with Crippen molar-refractivity contribution in [2.75, 3.05) is 19.3 Å². The number of fused-ring (bicyclic) bond motifs is 1. The van der Waals surface area contributed by atoms with Gasteiger partial charge in [0.05, 0.1) is 6.54 Å². The van der Waals surface area contributed by atoms with Crippen molar-refractivity contribution in [3.8, 4) is 0 Å². The van der Waals surface area contributed by atoms with E-state index in [1.165, 1.54) is 12.5 Å². The van der Waals surface area contributed by atoms with E-state index in [2.05, 4.69) is 4.90 Å². The lowest BCUT2D eigenvalue weighted by molar-refractivity contribution is 0.188. The third-order valence-electron chi connectivity index (χ3n) is 4.15. The maximum Gasteiger partial charge on any atom is 0.217 e. The lowest BCUT2D eigenvalue weighted by Crippen LogP contribution is -2.54. The zero-order chi connectivity index (χ0) is 13.0. The van der Waals surface area contributed by atoms with Crippen molar-refractivity contribution in [1.29, 1.82) is 0 Å². The van der Waals surface area contributed by atoms with Crippen LogP contribution in [0.25, 0.3) is 0 Å². The Balaban J connectivity index is 1.69. The molecular formula is C12H18N2O3S. The van der Waals surface area contributed by atoms with E-state index in [9.17, 15) is 8.42 Å². The van der Waals surface area contributed by atoms with Gasteiger partial charge in [0.15, 0.2) is 0 Å². The molecule has 0 amide bonds. The summed E-state index contributed by atoms with van der Waals surface area (Å²) in [4.78, 5) is 2.25. The number of furan rings is 1. The van der Waals surface area contributed by atoms with Gasteiger partial charge in [0.25, 0.3) is 0 Å². The molecule has 6 heteroatoms. The molecule has 18 heavy (non-hydrogen) atoms. The largest absolute Gasteiger partial charge is 0.448 e. The molecule has 0 aromatic carbocycles. The molecule has 2 atom stereocenters. The van der Waals surface area contributed by atoms with Crippen LogP contribution in [0.15, 0.2) is 21.6 Å². The summed E-state index contributed by atoms with van der Waals surface area (Å²) in [6, 6.07) is 3.26. The van der Waals surface area contributed by atoms with Gasteiger partial charge in [-0.2, -0.15) is 0 Å². The normalized spacial score (nSPS) is 32.2. The van der Waals surface area contributed by atoms with E-state index < -0.39 is 9.84 Å². The van der Waals surface area contributed by atoms with Crippen molar-refractivity contribution in [2.24, 2.45) is 11.7 Å². The molecule has 0 spiro atoms. The maximum atomic E-state index is 11.3. The minimum Gasteiger partial charge on any atom is -0.448 e. The van der Waals surface area contributed by atoms with Crippen molar-refractivity contribution in [3.63, 3.8) is 0 Å². The van der Waals surface area contributed by atoms with E-state index in [4.69, 9.17) is 10.2 Å². The topological polar surface area (TPSA) is 76.5 Å². The van der Waals surface area contributed by atoms with Gasteiger partial charge in [0, 0.05) is 24.9 Å². The van der Waals surface area contributed by atoms with Gasteiger partial charge in [-0.3, -0.25) is 4.90 Å². The molecule has 1 saturated carbocycles. The van der Waals surface area contributed by atoms with E-state index in [1.807, 2.05) is 0 Å². The van der Waals surface area contributed by atoms with Crippen molar-refractivity contribution < 1.29 is 12.8 Å². The standard InChI is InChI=1S/C12H18N2O3S/c1-18(15,16)11-3-2-10(17-11)7-14-6-9-4-5-12(9,13)8-14/h2-3,9H,4-8,13H2,1H3/t9-,12-/m0/s1. The minimum atomic E-state index is -3.25. The first-order chi connectivity index (χ1) is 8.37. The van der Waals surface area contributed by atoms with Crippen molar-refractivity contribution in [1.82, 2.24) is 4.90 Å². The molecule has 2 N–H and O–H groups in total. The van der Waals surface area contributed by atoms with Gasteiger partial charge in [-0.05, 0) is 30.9 Å². The van der Waals surface area contributed by atoms with Crippen molar-refractivity contribution in [3.05, 3.63) is 17.9 Å². The van der Waals surface area contributed by atoms with Crippen LogP contribution < -0.4 is 5.73 Å². The van der Waals surface area contributed by atoms with Crippen LogP contribution in [0.2, 0.25) is 0 Å². The molecule has 5 nitrogen and oxygen atoms in total. The molecule has 2 aliphatic rings. The van der Waals surface area contributed by atoms with Gasteiger partial charge >= 0.3 is 0 Å². The van der Waals surface area contributed by atoms with Gasteiger partial charge in [-0.1, -0.05) is 0 Å². The van der Waals surface area contributed by atoms with Gasteiger partial charge in [-0.25, -0.2) is 8.42 Å². The van der Waals surface area contributed by atoms with Crippen LogP contribution in [0.5, 0.6) is 0 Å². The minimum absolute atomic E-state index is 0.00768. The summed E-state index contributed by atoms with van der Waals surface area (Å²) in [6.07, 6.45) is 3.46. The molecule has 0 radical (unpaired) electrons. The molecule has 1 aromatic rings. The number of nitrogens with zero attached hydrogens (tertiary/aromatic N) is 1. The maximum absolute atomic E-state index is 11.3. The van der Waals surface area contributed by atoms with Gasteiger partial charge in [0.1, 0.15) is 5.76 Å². The van der Waals surface area contributed by atoms with Crippen molar-refractivity contribution >= 4 is 9.84 Å². The third-order valence-corrected chi connectivity index (χ3v) is 5.10. The van der Waals surface area contributed by atoms with Crippen LogP contribution in [0.4, 0.5) is 0 Å². The Morgan fingerprint density at radius 1 is 1.56 bits per heavy atom. The monoisotopic (exact) mass is 270 g/mol. The summed E-state index contributed by atoms with van der Waals surface area (Å²) in [6.45, 7) is 2.52. The van der Waals surface area contributed by atoms with Gasteiger partial charge in [-0.15, -0.1) is 0 Å². The molecule has 3 rings (SSSR count). The number of hydrogen-bond acceptors (Lipinski definition) is 5. The summed E-state index contributed by atoms with van der Waals surface area (Å²) in [7, 11) is -3.25. The highest BCUT2D eigenvalue weighted by atomic mass is 32.2. The first-order valence-electron chi connectivity index (χ1n) is 6.17. The lowest BCUT2D eigenvalue weighted by atomic mass is 9.70. The molecule has 1 aromatic heterocycles. The summed E-state index contributed by atoms with van der Waals surface area (Å²) in [5, 5.41) is 0.0436. The fourth-order valence-electron chi connectivity index (χ4n) is 2.98. The average molecular weight is 270 g/mol. The fourth-order valence-corrected chi connectivity index (χ4v) is 3.55. The van der Waals surface area contributed by atoms with E-state index in [0.29, 0.717) is 18.2 Å². The predicted octanol–water partition coefficient (Wildman–Crippen LogP) is 0.606. The molecule has 1 aliphatic heterocycles. The lowest BCUT2D eigenvalue weighted by Gasteiger charge is -2.40. The molecule has 1 saturated heterocycles. The third kappa shape index (κ3) is 1.98. The Morgan fingerprint density at radius 2 is 2.33 bits per heavy atom. The molecule has 2 heterocycles. The second kappa shape index (κ2) is 3.82. The van der Waals surface area contributed by atoms with Gasteiger partial charge in [0.2, 0.25) is 14.9 Å². The fraction of sp³-hybridized carbons (Fsp3) is 0.667. The predicted molar refractivity (Wildman–Crippen MR) is 66.7 cm³/mol. The van der Waals surface area contributed by atoms with Gasteiger partial charge < -0.3 is 10.2 Å². The quantitative estimate of drug-likeness (QED) is 0.870.